The van der Waals surface area contributed by atoms with Crippen molar-refractivity contribution in [3.63, 3.8) is 0 Å². The number of fused-ring (bicyclic) bond motifs is 1. The van der Waals surface area contributed by atoms with Crippen molar-refractivity contribution in [1.82, 2.24) is 35.0 Å². The molecule has 0 aliphatic carbocycles. The predicted molar refractivity (Wildman–Crippen MR) is 310 cm³/mol. The molecule has 0 radical (unpaired) electrons. The molecule has 2 aromatic heterocycles. The zero-order valence-electron chi connectivity index (χ0n) is 45.1. The number of primary amides is 1. The van der Waals surface area contributed by atoms with Crippen LogP contribution in [0.1, 0.15) is 95.1 Å². The number of likely N-dealkylation sites (tertiary alicyclic amines) is 1. The molecule has 20 nitrogen and oxygen atoms in total. The van der Waals surface area contributed by atoms with E-state index in [1.54, 1.807) is 104 Å². The number of piperidine rings is 1. The third-order valence-electron chi connectivity index (χ3n) is 12.7. The van der Waals surface area contributed by atoms with Crippen LogP contribution in [0.2, 0.25) is 0 Å². The van der Waals surface area contributed by atoms with Crippen LogP contribution in [0.4, 0.5) is 37.8 Å². The maximum absolute atomic E-state index is 16.7. The molecule has 8 N–H and O–H groups in total. The molecular weight excluding hydrogens is 1060 g/mol. The third kappa shape index (κ3) is 16.4. The van der Waals surface area contributed by atoms with Crippen LogP contribution in [0.15, 0.2) is 120 Å². The maximum atomic E-state index is 16.7. The fraction of sp³-hybridized carbons (Fsp3) is 0.316. The van der Waals surface area contributed by atoms with Gasteiger partial charge in [-0.15, -0.1) is 0 Å². The van der Waals surface area contributed by atoms with Crippen LogP contribution in [0.3, 0.4) is 0 Å². The Morgan fingerprint density at radius 1 is 0.812 bits per heavy atom. The molecule has 80 heavy (non-hydrogen) atoms. The van der Waals surface area contributed by atoms with Crippen molar-refractivity contribution in [2.75, 3.05) is 55.0 Å². The fourth-order valence-corrected chi connectivity index (χ4v) is 9.70. The van der Waals surface area contributed by atoms with E-state index in [-0.39, 0.29) is 63.9 Å². The number of ether oxygens (including phenoxy) is 1. The molecule has 0 saturated carbocycles. The summed E-state index contributed by atoms with van der Waals surface area (Å²) in [5.41, 5.74) is 10.1. The molecule has 7 amide bonds. The molecule has 0 bridgehead atoms. The van der Waals surface area contributed by atoms with Crippen LogP contribution < -0.4 is 37.6 Å². The SMILES string of the molecule is CC(C)c1cnn2c(Nc3cccc(NC(=O)c4ccc(NC(=O)/C=C/CN(C)C)cc4)c3)c(F)c(SC3CCN(C(=O)OCc4ccc(NC(=O)CC(S)NC(=O)C(NC(=O)c5ccc(C(N)=O)cc5)C(C)C)cc4)CC3)nc12. The van der Waals surface area contributed by atoms with Gasteiger partial charge in [-0.25, -0.2) is 9.78 Å². The Balaban J connectivity index is 0.877. The van der Waals surface area contributed by atoms with Crippen molar-refractivity contribution in [2.45, 2.75) is 81.2 Å². The van der Waals surface area contributed by atoms with E-state index in [1.807, 2.05) is 32.8 Å². The summed E-state index contributed by atoms with van der Waals surface area (Å²) in [5, 5.41) is 20.7. The number of thioether (sulfide) groups is 1. The maximum Gasteiger partial charge on any atom is 0.410 e. The van der Waals surface area contributed by atoms with Crippen molar-refractivity contribution in [3.05, 3.63) is 149 Å². The molecule has 420 valence electrons. The van der Waals surface area contributed by atoms with Gasteiger partial charge in [-0.1, -0.05) is 63.7 Å². The van der Waals surface area contributed by atoms with Crippen molar-refractivity contribution in [1.29, 1.82) is 0 Å². The van der Waals surface area contributed by atoms with Crippen LogP contribution in [-0.4, -0.2) is 116 Å². The second-order valence-corrected chi connectivity index (χ2v) is 21.8. The van der Waals surface area contributed by atoms with Crippen LogP contribution in [0.5, 0.6) is 0 Å². The summed E-state index contributed by atoms with van der Waals surface area (Å²) < 4.78 is 23.8. The second kappa shape index (κ2) is 27.5. The van der Waals surface area contributed by atoms with Gasteiger partial charge < -0.3 is 52.2 Å². The molecule has 2 atom stereocenters. The number of aromatic nitrogens is 3. The predicted octanol–water partition coefficient (Wildman–Crippen LogP) is 8.19. The molecule has 3 heterocycles. The van der Waals surface area contributed by atoms with Gasteiger partial charge in [0.25, 0.3) is 11.8 Å². The van der Waals surface area contributed by atoms with Crippen molar-refractivity contribution in [3.8, 4) is 0 Å². The highest BCUT2D eigenvalue weighted by atomic mass is 32.2. The minimum absolute atomic E-state index is 0.0193. The molecule has 6 aromatic rings. The molecule has 7 rings (SSSR count). The Hall–Kier alpha value is -8.28. The number of likely N-dealkylation sites (N-methyl/N-ethyl adjacent to an activating group) is 1. The Morgan fingerprint density at radius 2 is 1.44 bits per heavy atom. The summed E-state index contributed by atoms with van der Waals surface area (Å²) in [7, 11) is 3.81. The lowest BCUT2D eigenvalue weighted by atomic mass is 10.0. The number of carbonyl (C=O) groups excluding carboxylic acids is 7. The number of anilines is 5. The number of halogens is 1. The number of hydrogen-bond acceptors (Lipinski definition) is 14. The summed E-state index contributed by atoms with van der Waals surface area (Å²) in [6, 6.07) is 24.9. The van der Waals surface area contributed by atoms with E-state index < -0.39 is 47.0 Å². The third-order valence-corrected chi connectivity index (χ3v) is 14.3. The Bertz CT molecular complexity index is 3240. The Labute approximate surface area is 472 Å². The van der Waals surface area contributed by atoms with Gasteiger partial charge in [-0.2, -0.15) is 26.6 Å². The number of nitrogens with two attached hydrogens (primary N) is 1. The summed E-state index contributed by atoms with van der Waals surface area (Å²) in [5.74, 6) is -3.58. The van der Waals surface area contributed by atoms with Crippen molar-refractivity contribution in [2.24, 2.45) is 11.7 Å². The van der Waals surface area contributed by atoms with Gasteiger partial charge in [0, 0.05) is 76.0 Å². The van der Waals surface area contributed by atoms with Gasteiger partial charge in [-0.3, -0.25) is 28.8 Å². The smallest absolute Gasteiger partial charge is 0.410 e. The molecule has 1 saturated heterocycles. The number of hydrogen-bond donors (Lipinski definition) is 8. The van der Waals surface area contributed by atoms with Crippen LogP contribution in [0, 0.1) is 11.7 Å². The molecule has 2 unspecified atom stereocenters. The quantitative estimate of drug-likeness (QED) is 0.0138. The van der Waals surface area contributed by atoms with E-state index in [0.717, 1.165) is 5.56 Å². The number of nitrogens with zero attached hydrogens (tertiary/aromatic N) is 5. The standard InChI is InChI=1S/C57H65FN12O8S2/c1-33(2)44-31-60-70-51(44)67-56(48(58)52(70)63-41-9-7-10-42(29-41)64-53(74)38-18-22-40(23-19-38)61-45(71)11-8-26-68(5)6)80-43-24-27-69(28-25-43)57(77)78-32-35-12-20-39(21-13-35)62-46(72)30-47(79)65-55(76)49(34(3)4)66-54(75)37-16-14-36(15-17-37)50(59)73/h7-23,29,31,33-34,43,47,49,63,79H,24-28,30,32H2,1-6H3,(H2,59,73)(H,61,71)(H,62,72)(H,64,74)(H,65,76)(H,66,75)/b11-8+. The number of carbonyl (C=O) groups is 7. The van der Waals surface area contributed by atoms with Gasteiger partial charge in [0.1, 0.15) is 17.7 Å². The van der Waals surface area contributed by atoms with Gasteiger partial charge in [-0.05, 0) is 123 Å². The largest absolute Gasteiger partial charge is 0.445 e. The zero-order valence-corrected chi connectivity index (χ0v) is 46.8. The first-order valence-electron chi connectivity index (χ1n) is 25.9. The lowest BCUT2D eigenvalue weighted by molar-refractivity contribution is -0.124. The monoisotopic (exact) mass is 1130 g/mol. The highest BCUT2D eigenvalue weighted by molar-refractivity contribution is 7.99. The molecule has 23 heteroatoms. The van der Waals surface area contributed by atoms with Crippen LogP contribution in [0.25, 0.3) is 5.65 Å². The molecule has 0 spiro atoms. The van der Waals surface area contributed by atoms with Gasteiger partial charge in [0.2, 0.25) is 23.6 Å². The van der Waals surface area contributed by atoms with E-state index in [9.17, 15) is 33.6 Å². The molecular formula is C57H65FN12O8S2. The van der Waals surface area contributed by atoms with E-state index >= 15 is 4.39 Å². The van der Waals surface area contributed by atoms with E-state index in [2.05, 4.69) is 49.6 Å². The molecule has 4 aromatic carbocycles. The Morgan fingerprint density at radius 3 is 2.09 bits per heavy atom. The highest BCUT2D eigenvalue weighted by Crippen LogP contribution is 2.36. The van der Waals surface area contributed by atoms with Gasteiger partial charge in [0.15, 0.2) is 17.3 Å². The second-order valence-electron chi connectivity index (χ2n) is 19.9. The summed E-state index contributed by atoms with van der Waals surface area (Å²) >= 11 is 5.70. The summed E-state index contributed by atoms with van der Waals surface area (Å²) in [6.45, 7) is 8.89. The minimum Gasteiger partial charge on any atom is -0.445 e. The summed E-state index contributed by atoms with van der Waals surface area (Å²) in [4.78, 5) is 97.4. The van der Waals surface area contributed by atoms with E-state index in [0.29, 0.717) is 72.0 Å². The first-order valence-corrected chi connectivity index (χ1v) is 27.2. The average molecular weight is 1130 g/mol. The van der Waals surface area contributed by atoms with Gasteiger partial charge >= 0.3 is 6.09 Å². The molecule has 1 fully saturated rings. The highest BCUT2D eigenvalue weighted by Gasteiger charge is 2.29. The number of rotatable bonds is 22. The minimum atomic E-state index is -0.939. The topological polar surface area (TPSA) is 264 Å². The summed E-state index contributed by atoms with van der Waals surface area (Å²) in [6.07, 6.45) is 5.31. The lowest BCUT2D eigenvalue weighted by Crippen LogP contribution is -2.51. The van der Waals surface area contributed by atoms with E-state index in [1.165, 1.54) is 46.6 Å². The Kier molecular flexibility index (Phi) is 20.4. The average Bonchev–Trinajstić information content (AvgIpc) is 3.96. The van der Waals surface area contributed by atoms with Gasteiger partial charge in [0.05, 0.1) is 18.0 Å². The first-order chi connectivity index (χ1) is 38.2. The first kappa shape index (κ1) is 59.4. The van der Waals surface area contributed by atoms with Crippen LogP contribution >= 0.6 is 24.4 Å². The number of nitrogens with one attached hydrogen (secondary N) is 6. The van der Waals surface area contributed by atoms with Crippen LogP contribution in [-0.2, 0) is 25.7 Å². The van der Waals surface area contributed by atoms with Crippen molar-refractivity contribution >= 4 is 100 Å². The number of amides is 7. The van der Waals surface area contributed by atoms with Crippen molar-refractivity contribution < 1.29 is 42.7 Å². The fourth-order valence-electron chi connectivity index (χ4n) is 8.31. The molecule has 1 aliphatic rings. The number of thiol groups is 1. The lowest BCUT2D eigenvalue weighted by Gasteiger charge is -2.31. The zero-order chi connectivity index (χ0) is 57.6. The number of benzene rings is 4. The normalized spacial score (nSPS) is 13.5. The molecule has 1 aliphatic heterocycles. The van der Waals surface area contributed by atoms with E-state index in [4.69, 9.17) is 15.5 Å².